The minimum atomic E-state index is -2.78. The molecule has 174 valence electrons. The number of hydrogen-bond acceptors (Lipinski definition) is 5. The van der Waals surface area contributed by atoms with Crippen LogP contribution in [0, 0.1) is 0 Å². The Kier molecular flexibility index (Phi) is 2.77. The maximum atomic E-state index is 14.2. The van der Waals surface area contributed by atoms with Gasteiger partial charge in [-0.25, -0.2) is 4.68 Å². The molecular formula is C25H25N5O4. The van der Waals surface area contributed by atoms with Crippen molar-refractivity contribution in [1.29, 1.82) is 0 Å². The van der Waals surface area contributed by atoms with Crippen molar-refractivity contribution >= 4 is 29.1 Å². The Labute approximate surface area is 216 Å². The monoisotopic (exact) mass is 473 g/mol. The number of nitrogens with zero attached hydrogens (tertiary/aromatic N) is 4. The molecule has 2 N–H and O–H groups in total. The van der Waals surface area contributed by atoms with E-state index in [0.29, 0.717) is 9.58 Å². The summed E-state index contributed by atoms with van der Waals surface area (Å²) in [5, 5.41) is 3.91. The molecule has 0 saturated carbocycles. The smallest absolute Gasteiger partial charge is 0.277 e. The van der Waals surface area contributed by atoms with Crippen molar-refractivity contribution < 1.29 is 38.3 Å². The number of fused-ring (bicyclic) bond motifs is 1. The first kappa shape index (κ1) is 10.9. The van der Waals surface area contributed by atoms with Gasteiger partial charge in [0, 0.05) is 44.6 Å². The predicted octanol–water partition coefficient (Wildman–Crippen LogP) is 2.70. The third kappa shape index (κ3) is 3.68. The summed E-state index contributed by atoms with van der Waals surface area (Å²) in [6.07, 6.45) is -6.46. The number of ether oxygens (including phenoxy) is 1. The molecular weight excluding hydrogens is 434 g/mol. The lowest BCUT2D eigenvalue weighted by atomic mass is 10.0. The van der Waals surface area contributed by atoms with Gasteiger partial charge in [-0.05, 0) is 67.6 Å². The van der Waals surface area contributed by atoms with Crippen LogP contribution in [0.4, 0.5) is 11.4 Å². The third-order valence-corrected chi connectivity index (χ3v) is 4.95. The summed E-state index contributed by atoms with van der Waals surface area (Å²) in [6.45, 7) is -3.68. The quantitative estimate of drug-likeness (QED) is 0.613. The highest BCUT2D eigenvalue weighted by Crippen LogP contribution is 2.31. The molecule has 9 nitrogen and oxygen atoms in total. The number of benzene rings is 2. The molecule has 1 fully saturated rings. The van der Waals surface area contributed by atoms with Gasteiger partial charge in [0.05, 0.1) is 23.8 Å². The minimum Gasteiger partial charge on any atom is -0.497 e. The SMILES string of the molecule is [2H]c1c([2H])c(-n2nc(C(N)=O)c3c2C(=O)N(c2c([2H])c([2H])c(N4C(=O)C([2H])([2H])CCC4([2H])[2H])c([2H])c2[2H])CC3([2H])[2H])c([2H])c([2H])c1OC. The zero-order valence-corrected chi connectivity index (χ0v) is 17.6. The first-order chi connectivity index (χ1) is 22.0. The molecule has 34 heavy (non-hydrogen) atoms. The van der Waals surface area contributed by atoms with Crippen LogP contribution in [0.1, 0.15) is 64.9 Å². The molecule has 2 aliphatic heterocycles. The van der Waals surface area contributed by atoms with Gasteiger partial charge in [-0.2, -0.15) is 5.10 Å². The highest BCUT2D eigenvalue weighted by molar-refractivity contribution is 6.09. The van der Waals surface area contributed by atoms with Gasteiger partial charge in [0.2, 0.25) is 5.91 Å². The van der Waals surface area contributed by atoms with E-state index < -0.39 is 144 Å². The van der Waals surface area contributed by atoms with Crippen molar-refractivity contribution in [2.45, 2.75) is 25.6 Å². The highest BCUT2D eigenvalue weighted by Gasteiger charge is 2.34. The van der Waals surface area contributed by atoms with Crippen LogP contribution in [0.2, 0.25) is 0 Å². The highest BCUT2D eigenvalue weighted by atomic mass is 16.5. The molecule has 0 atom stereocenters. The Balaban J connectivity index is 1.79. The summed E-state index contributed by atoms with van der Waals surface area (Å²) in [5.41, 5.74) is 0.639. The average molecular weight is 474 g/mol. The summed E-state index contributed by atoms with van der Waals surface area (Å²) >= 11 is 0. The lowest BCUT2D eigenvalue weighted by Gasteiger charge is -2.29. The topological polar surface area (TPSA) is 111 Å². The molecule has 5 rings (SSSR count). The molecule has 1 saturated heterocycles. The zero-order valence-electron chi connectivity index (χ0n) is 31.6. The summed E-state index contributed by atoms with van der Waals surface area (Å²) in [4.78, 5) is 40.4. The van der Waals surface area contributed by atoms with Gasteiger partial charge in [-0.3, -0.25) is 14.4 Å². The van der Waals surface area contributed by atoms with Gasteiger partial charge in [-0.15, -0.1) is 0 Å². The number of piperidine rings is 1. The average Bonchev–Trinajstić information content (AvgIpc) is 3.40. The van der Waals surface area contributed by atoms with Gasteiger partial charge in [0.1, 0.15) is 11.4 Å². The van der Waals surface area contributed by atoms with E-state index in [0.717, 1.165) is 7.11 Å². The number of anilines is 2. The predicted molar refractivity (Wildman–Crippen MR) is 127 cm³/mol. The van der Waals surface area contributed by atoms with E-state index in [1.807, 2.05) is 0 Å². The largest absolute Gasteiger partial charge is 0.497 e. The second-order valence-corrected chi connectivity index (χ2v) is 6.97. The van der Waals surface area contributed by atoms with Gasteiger partial charge < -0.3 is 20.3 Å². The summed E-state index contributed by atoms with van der Waals surface area (Å²) < 4.78 is 124. The number of hydrogen-bond donors (Lipinski definition) is 1. The summed E-state index contributed by atoms with van der Waals surface area (Å²) in [5.74, 6) is -4.57. The van der Waals surface area contributed by atoms with E-state index in [9.17, 15) is 14.4 Å². The number of amides is 3. The fourth-order valence-electron chi connectivity index (χ4n) is 3.37. The summed E-state index contributed by atoms with van der Waals surface area (Å²) in [7, 11) is 1.09. The van der Waals surface area contributed by atoms with Crippen molar-refractivity contribution in [2.75, 3.05) is 30.0 Å². The van der Waals surface area contributed by atoms with Crippen LogP contribution in [0.25, 0.3) is 5.69 Å². The Bertz CT molecular complexity index is 1910. The van der Waals surface area contributed by atoms with E-state index >= 15 is 0 Å². The van der Waals surface area contributed by atoms with Crippen molar-refractivity contribution in [1.82, 2.24) is 9.78 Å². The number of carbonyl (C=O) groups excluding carboxylic acids is 3. The lowest BCUT2D eigenvalue weighted by Crippen LogP contribution is -2.39. The van der Waals surface area contributed by atoms with E-state index in [1.54, 1.807) is 0 Å². The Hall–Kier alpha value is -4.14. The maximum absolute atomic E-state index is 14.2. The molecule has 0 spiro atoms. The van der Waals surface area contributed by atoms with Crippen LogP contribution in [-0.2, 0) is 11.2 Å². The number of nitrogens with two attached hydrogens (primary N) is 1. The fourth-order valence-corrected chi connectivity index (χ4v) is 3.37. The maximum Gasteiger partial charge on any atom is 0.277 e. The normalized spacial score (nSPS) is 26.3. The van der Waals surface area contributed by atoms with E-state index in [2.05, 4.69) is 5.10 Å². The lowest BCUT2D eigenvalue weighted by molar-refractivity contribution is -0.119. The molecule has 2 aromatic carbocycles. The van der Waals surface area contributed by atoms with Crippen molar-refractivity contribution in [3.05, 3.63) is 65.3 Å². The number of methoxy groups -OCH3 is 1. The van der Waals surface area contributed by atoms with Crippen LogP contribution in [0.3, 0.4) is 0 Å². The molecule has 0 bridgehead atoms. The Morgan fingerprint density at radius 2 is 1.65 bits per heavy atom. The van der Waals surface area contributed by atoms with Crippen LogP contribution in [-0.4, -0.2) is 47.7 Å². The third-order valence-electron chi connectivity index (χ3n) is 4.95. The van der Waals surface area contributed by atoms with E-state index in [4.69, 9.17) is 29.7 Å². The molecule has 3 amide bonds. The first-order valence-electron chi connectivity index (χ1n) is 16.9. The summed E-state index contributed by atoms with van der Waals surface area (Å²) in [6, 6.07) is -7.24. The molecule has 0 radical (unpaired) electrons. The number of primary amides is 1. The van der Waals surface area contributed by atoms with E-state index in [-0.39, 0.29) is 4.90 Å². The molecule has 3 heterocycles. The number of rotatable bonds is 5. The zero-order chi connectivity index (χ0) is 36.2. The molecule has 0 unspecified atom stereocenters. The number of aromatic nitrogens is 2. The van der Waals surface area contributed by atoms with Crippen LogP contribution >= 0.6 is 0 Å². The second-order valence-electron chi connectivity index (χ2n) is 6.97. The first-order valence-corrected chi connectivity index (χ1v) is 9.88. The number of carbonyl (C=O) groups is 3. The molecule has 0 aliphatic carbocycles. The Morgan fingerprint density at radius 3 is 2.29 bits per heavy atom. The van der Waals surface area contributed by atoms with Crippen LogP contribution < -0.4 is 20.3 Å². The minimum absolute atomic E-state index is 0.205. The molecule has 2 aliphatic rings. The van der Waals surface area contributed by atoms with Crippen LogP contribution in [0.5, 0.6) is 5.75 Å². The van der Waals surface area contributed by atoms with Gasteiger partial charge in [-0.1, -0.05) is 0 Å². The molecule has 1 aromatic heterocycles. The van der Waals surface area contributed by atoms with Crippen molar-refractivity contribution in [3.63, 3.8) is 0 Å². The molecule has 3 aromatic rings. The van der Waals surface area contributed by atoms with Crippen molar-refractivity contribution in [3.8, 4) is 11.4 Å². The van der Waals surface area contributed by atoms with Crippen LogP contribution in [0.15, 0.2) is 48.3 Å². The second kappa shape index (κ2) is 8.66. The van der Waals surface area contributed by atoms with Gasteiger partial charge >= 0.3 is 0 Å². The fraction of sp³-hybridized carbons (Fsp3) is 0.280. The van der Waals surface area contributed by atoms with Gasteiger partial charge in [0.25, 0.3) is 11.8 Å². The van der Waals surface area contributed by atoms with Crippen molar-refractivity contribution in [2.24, 2.45) is 5.73 Å². The molecule has 9 heteroatoms. The Morgan fingerprint density at radius 1 is 1.00 bits per heavy atom. The standard InChI is InChI=1S/C25H25N5O4/c1-34-19-11-9-18(10-12-19)30-23-20(22(27-30)24(26)32)13-15-29(25(23)33)17-7-5-16(6-8-17)28-14-3-2-4-21(28)31/h5-12H,2-4,13-15H2,1H3,(H2,26,32)/i4D2,5D,6D,7D,8D,9D,10D,11D,12D,13D2,14D2. The van der Waals surface area contributed by atoms with E-state index in [1.165, 1.54) is 0 Å². The van der Waals surface area contributed by atoms with Gasteiger partial charge in [0.15, 0.2) is 5.69 Å².